The number of nitriles is 1. The summed E-state index contributed by atoms with van der Waals surface area (Å²) in [6.07, 6.45) is -0.320. The summed E-state index contributed by atoms with van der Waals surface area (Å²) >= 11 is 0. The van der Waals surface area contributed by atoms with Gasteiger partial charge in [0.25, 0.3) is 0 Å². The number of aryl methyl sites for hydroxylation is 1. The Kier molecular flexibility index (Phi) is 6.04. The minimum Gasteiger partial charge on any atom is -0.450 e. The minimum atomic E-state index is -0.401. The molecule has 1 aromatic heterocycles. The van der Waals surface area contributed by atoms with Crippen molar-refractivity contribution in [2.75, 3.05) is 38.1 Å². The summed E-state index contributed by atoms with van der Waals surface area (Å²) in [5.74, 6) is 0.567. The first-order valence-electron chi connectivity index (χ1n) is 8.35. The molecule has 1 saturated heterocycles. The maximum Gasteiger partial charge on any atom is 0.409 e. The number of hydrogen-bond donors (Lipinski definition) is 1. The van der Waals surface area contributed by atoms with Crippen molar-refractivity contribution in [1.82, 2.24) is 9.80 Å². The lowest BCUT2D eigenvalue weighted by atomic mass is 10.2. The molecule has 0 radical (unpaired) electrons. The molecular weight excluding hydrogens is 324 g/mol. The van der Waals surface area contributed by atoms with E-state index in [1.54, 1.807) is 32.6 Å². The first-order chi connectivity index (χ1) is 11.9. The molecule has 2 amide bonds. The van der Waals surface area contributed by atoms with Gasteiger partial charge in [0.1, 0.15) is 17.4 Å². The van der Waals surface area contributed by atoms with Crippen LogP contribution in [0.2, 0.25) is 0 Å². The first kappa shape index (κ1) is 18.8. The Morgan fingerprint density at radius 2 is 1.96 bits per heavy atom. The van der Waals surface area contributed by atoms with Crippen molar-refractivity contribution >= 4 is 17.9 Å². The van der Waals surface area contributed by atoms with Crippen LogP contribution in [0.1, 0.15) is 30.7 Å². The van der Waals surface area contributed by atoms with Crippen LogP contribution in [0.5, 0.6) is 0 Å². The van der Waals surface area contributed by atoms with Gasteiger partial charge in [-0.1, -0.05) is 0 Å². The summed E-state index contributed by atoms with van der Waals surface area (Å²) in [5.41, 5.74) is 1.08. The highest BCUT2D eigenvalue weighted by molar-refractivity contribution is 5.94. The summed E-state index contributed by atoms with van der Waals surface area (Å²) in [6, 6.07) is 1.66. The van der Waals surface area contributed by atoms with Crippen LogP contribution < -0.4 is 5.32 Å². The van der Waals surface area contributed by atoms with Crippen molar-refractivity contribution in [3.05, 3.63) is 16.9 Å². The topological polar surface area (TPSA) is 98.8 Å². The maximum absolute atomic E-state index is 12.5. The van der Waals surface area contributed by atoms with E-state index in [4.69, 9.17) is 9.15 Å². The Balaban J connectivity index is 1.95. The van der Waals surface area contributed by atoms with Crippen LogP contribution in [0.3, 0.4) is 0 Å². The number of carbonyl (C=O) groups is 2. The van der Waals surface area contributed by atoms with Crippen molar-refractivity contribution in [2.45, 2.75) is 33.7 Å². The number of nitrogens with zero attached hydrogens (tertiary/aromatic N) is 3. The zero-order valence-electron chi connectivity index (χ0n) is 15.1. The van der Waals surface area contributed by atoms with Crippen LogP contribution >= 0.6 is 0 Å². The molecule has 8 heteroatoms. The fraction of sp³-hybridized carbons (Fsp3) is 0.588. The van der Waals surface area contributed by atoms with Crippen molar-refractivity contribution in [3.63, 3.8) is 0 Å². The molecule has 0 aliphatic carbocycles. The van der Waals surface area contributed by atoms with Crippen molar-refractivity contribution < 1.29 is 18.7 Å². The van der Waals surface area contributed by atoms with Gasteiger partial charge >= 0.3 is 6.09 Å². The highest BCUT2D eigenvalue weighted by Crippen LogP contribution is 2.25. The van der Waals surface area contributed by atoms with Crippen LogP contribution in [0.4, 0.5) is 10.7 Å². The smallest absolute Gasteiger partial charge is 0.409 e. The van der Waals surface area contributed by atoms with Gasteiger partial charge in [0.05, 0.1) is 12.6 Å². The number of amides is 2. The van der Waals surface area contributed by atoms with E-state index >= 15 is 0 Å². The quantitative estimate of drug-likeness (QED) is 0.892. The van der Waals surface area contributed by atoms with Gasteiger partial charge in [0.15, 0.2) is 0 Å². The Hall–Kier alpha value is -2.53. The van der Waals surface area contributed by atoms with Gasteiger partial charge in [-0.15, -0.1) is 0 Å². The second-order valence-electron chi connectivity index (χ2n) is 5.99. The van der Waals surface area contributed by atoms with Gasteiger partial charge in [0.2, 0.25) is 11.8 Å². The lowest BCUT2D eigenvalue weighted by molar-refractivity contribution is -0.121. The molecule has 0 aromatic carbocycles. The molecule has 136 valence electrons. The fourth-order valence-electron chi connectivity index (χ4n) is 2.74. The lowest BCUT2D eigenvalue weighted by Gasteiger charge is -2.36. The summed E-state index contributed by atoms with van der Waals surface area (Å²) in [4.78, 5) is 27.8. The SMILES string of the molecule is CCOC(=O)N1CCN(C(C)C(=O)Nc2oc(C)c(C)c2C#N)CC1. The maximum atomic E-state index is 12.5. The van der Waals surface area contributed by atoms with E-state index in [2.05, 4.69) is 11.4 Å². The molecule has 1 unspecified atom stereocenters. The number of rotatable bonds is 4. The normalized spacial score (nSPS) is 16.2. The number of nitrogens with one attached hydrogen (secondary N) is 1. The molecule has 0 saturated carbocycles. The van der Waals surface area contributed by atoms with Gasteiger partial charge < -0.3 is 14.1 Å². The Bertz CT molecular complexity index is 684. The minimum absolute atomic E-state index is 0.194. The predicted molar refractivity (Wildman–Crippen MR) is 91.2 cm³/mol. The monoisotopic (exact) mass is 348 g/mol. The second-order valence-corrected chi connectivity index (χ2v) is 5.99. The van der Waals surface area contributed by atoms with E-state index < -0.39 is 6.04 Å². The fourth-order valence-corrected chi connectivity index (χ4v) is 2.74. The van der Waals surface area contributed by atoms with Gasteiger partial charge in [-0.2, -0.15) is 5.26 Å². The molecule has 1 N–H and O–H groups in total. The molecule has 2 heterocycles. The average molecular weight is 348 g/mol. The zero-order chi connectivity index (χ0) is 18.6. The van der Waals surface area contributed by atoms with Gasteiger partial charge in [-0.05, 0) is 27.7 Å². The Labute approximate surface area is 147 Å². The zero-order valence-corrected chi connectivity index (χ0v) is 15.1. The molecule has 1 aliphatic rings. The second kappa shape index (κ2) is 8.03. The van der Waals surface area contributed by atoms with Crippen molar-refractivity contribution in [3.8, 4) is 6.07 Å². The number of hydrogen-bond acceptors (Lipinski definition) is 6. The first-order valence-corrected chi connectivity index (χ1v) is 8.35. The Morgan fingerprint density at radius 1 is 1.32 bits per heavy atom. The number of ether oxygens (including phenoxy) is 1. The summed E-state index contributed by atoms with van der Waals surface area (Å²) in [6.45, 7) is 9.63. The molecule has 2 rings (SSSR count). The molecule has 1 aromatic rings. The number of carbonyl (C=O) groups excluding carboxylic acids is 2. The molecule has 1 aliphatic heterocycles. The molecule has 1 atom stereocenters. The summed E-state index contributed by atoms with van der Waals surface area (Å²) in [5, 5.41) is 11.9. The van der Waals surface area contributed by atoms with E-state index in [1.165, 1.54) is 0 Å². The highest BCUT2D eigenvalue weighted by atomic mass is 16.6. The van der Waals surface area contributed by atoms with E-state index in [0.717, 1.165) is 5.56 Å². The van der Waals surface area contributed by atoms with Crippen LogP contribution in [0.25, 0.3) is 0 Å². The molecule has 8 nitrogen and oxygen atoms in total. The Morgan fingerprint density at radius 3 is 2.52 bits per heavy atom. The standard InChI is InChI=1S/C17H24N4O4/c1-5-24-17(23)21-8-6-20(7-9-21)12(3)15(22)19-16-14(10-18)11(2)13(4)25-16/h12H,5-9H2,1-4H3,(H,19,22). The van der Waals surface area contributed by atoms with Crippen LogP contribution in [0.15, 0.2) is 4.42 Å². The van der Waals surface area contributed by atoms with E-state index in [9.17, 15) is 14.9 Å². The largest absolute Gasteiger partial charge is 0.450 e. The van der Waals surface area contributed by atoms with Gasteiger partial charge in [-0.3, -0.25) is 15.0 Å². The van der Waals surface area contributed by atoms with Crippen LogP contribution in [-0.4, -0.2) is 60.6 Å². The van der Waals surface area contributed by atoms with E-state index in [1.807, 2.05) is 4.90 Å². The van der Waals surface area contributed by atoms with Crippen LogP contribution in [0, 0.1) is 25.2 Å². The summed E-state index contributed by atoms with van der Waals surface area (Å²) < 4.78 is 10.5. The summed E-state index contributed by atoms with van der Waals surface area (Å²) in [7, 11) is 0. The number of anilines is 1. The third-order valence-electron chi connectivity index (χ3n) is 4.50. The van der Waals surface area contributed by atoms with E-state index in [-0.39, 0.29) is 17.9 Å². The highest BCUT2D eigenvalue weighted by Gasteiger charge is 2.29. The third-order valence-corrected chi connectivity index (χ3v) is 4.50. The molecule has 0 spiro atoms. The molecular formula is C17H24N4O4. The average Bonchev–Trinajstić information content (AvgIpc) is 2.87. The van der Waals surface area contributed by atoms with Gasteiger partial charge in [-0.25, -0.2) is 4.79 Å². The lowest BCUT2D eigenvalue weighted by Crippen LogP contribution is -2.54. The molecule has 0 bridgehead atoms. The molecule has 1 fully saturated rings. The number of furan rings is 1. The molecule has 25 heavy (non-hydrogen) atoms. The van der Waals surface area contributed by atoms with E-state index in [0.29, 0.717) is 44.1 Å². The van der Waals surface area contributed by atoms with Crippen molar-refractivity contribution in [2.24, 2.45) is 0 Å². The van der Waals surface area contributed by atoms with Crippen LogP contribution in [-0.2, 0) is 9.53 Å². The third kappa shape index (κ3) is 4.12. The van der Waals surface area contributed by atoms with Gasteiger partial charge in [0, 0.05) is 31.7 Å². The number of piperazine rings is 1. The van der Waals surface area contributed by atoms with Crippen molar-refractivity contribution in [1.29, 1.82) is 5.26 Å². The predicted octanol–water partition coefficient (Wildman–Crippen LogP) is 1.87.